The van der Waals surface area contributed by atoms with Crippen LogP contribution < -0.4 is 5.32 Å². The number of rotatable bonds is 5. The van der Waals surface area contributed by atoms with Gasteiger partial charge in [0.05, 0.1) is 17.5 Å². The second kappa shape index (κ2) is 8.42. The summed E-state index contributed by atoms with van der Waals surface area (Å²) in [5.74, 6) is 0.193. The zero-order valence-electron chi connectivity index (χ0n) is 16.9. The molecule has 2 aromatic rings. The van der Waals surface area contributed by atoms with Crippen molar-refractivity contribution in [2.24, 2.45) is 0 Å². The quantitative estimate of drug-likeness (QED) is 0.804. The molecule has 0 unspecified atom stereocenters. The number of carbonyl (C=O) groups excluding carboxylic acids is 1. The van der Waals surface area contributed by atoms with Gasteiger partial charge in [0.2, 0.25) is 5.91 Å². The minimum absolute atomic E-state index is 0.0606. The van der Waals surface area contributed by atoms with Crippen LogP contribution in [0.5, 0.6) is 0 Å². The fraction of sp³-hybridized carbons (Fsp3) is 0.500. The molecule has 2 saturated heterocycles. The van der Waals surface area contributed by atoms with Crippen LogP contribution in [0.2, 0.25) is 0 Å². The van der Waals surface area contributed by atoms with Crippen molar-refractivity contribution in [1.82, 2.24) is 15.1 Å². The van der Waals surface area contributed by atoms with E-state index in [0.717, 1.165) is 32.7 Å². The number of piperazine rings is 1. The first-order chi connectivity index (χ1) is 13.9. The van der Waals surface area contributed by atoms with E-state index >= 15 is 0 Å². The molecule has 7 heteroatoms. The van der Waals surface area contributed by atoms with Gasteiger partial charge in [0.15, 0.2) is 9.84 Å². The van der Waals surface area contributed by atoms with E-state index in [2.05, 4.69) is 57.6 Å². The third-order valence-electron chi connectivity index (χ3n) is 6.19. The molecule has 0 spiro atoms. The Morgan fingerprint density at radius 3 is 2.55 bits per heavy atom. The Morgan fingerprint density at radius 1 is 1.10 bits per heavy atom. The summed E-state index contributed by atoms with van der Waals surface area (Å²) < 4.78 is 23.2. The molecule has 2 aliphatic rings. The van der Waals surface area contributed by atoms with E-state index in [0.29, 0.717) is 6.42 Å². The Labute approximate surface area is 172 Å². The predicted molar refractivity (Wildman–Crippen MR) is 115 cm³/mol. The Bertz CT molecular complexity index is 978. The highest BCUT2D eigenvalue weighted by atomic mass is 32.2. The maximum Gasteiger partial charge on any atom is 0.237 e. The molecule has 4 rings (SSSR count). The standard InChI is InChI=1S/C22H29N3O3S/c1-17(22(26)23-20-9-14-29(27,28)16-20)25-12-10-24(11-13-25)15-19-7-4-6-18-5-2-3-8-21(18)19/h2-8,17,20H,9-16H2,1H3,(H,23,26)/t17-,20-/m1/s1. The first-order valence-corrected chi connectivity index (χ1v) is 12.2. The van der Waals surface area contributed by atoms with Gasteiger partial charge in [-0.2, -0.15) is 0 Å². The summed E-state index contributed by atoms with van der Waals surface area (Å²) in [4.78, 5) is 17.2. The molecular weight excluding hydrogens is 386 g/mol. The lowest BCUT2D eigenvalue weighted by Crippen LogP contribution is -2.54. The van der Waals surface area contributed by atoms with Crippen LogP contribution >= 0.6 is 0 Å². The van der Waals surface area contributed by atoms with Crippen molar-refractivity contribution in [3.05, 3.63) is 48.0 Å². The van der Waals surface area contributed by atoms with Crippen molar-refractivity contribution in [3.8, 4) is 0 Å². The van der Waals surface area contributed by atoms with Crippen LogP contribution in [0.25, 0.3) is 10.8 Å². The Morgan fingerprint density at radius 2 is 1.83 bits per heavy atom. The van der Waals surface area contributed by atoms with Gasteiger partial charge in [0, 0.05) is 38.8 Å². The van der Waals surface area contributed by atoms with Gasteiger partial charge < -0.3 is 5.32 Å². The van der Waals surface area contributed by atoms with Gasteiger partial charge in [-0.25, -0.2) is 8.42 Å². The summed E-state index contributed by atoms with van der Waals surface area (Å²) in [5, 5.41) is 5.50. The molecule has 2 atom stereocenters. The molecule has 2 fully saturated rings. The van der Waals surface area contributed by atoms with Crippen LogP contribution in [0.15, 0.2) is 42.5 Å². The largest absolute Gasteiger partial charge is 0.351 e. The van der Waals surface area contributed by atoms with E-state index in [1.165, 1.54) is 16.3 Å². The summed E-state index contributed by atoms with van der Waals surface area (Å²) in [6.07, 6.45) is 0.527. The second-order valence-corrected chi connectivity index (χ2v) is 10.5. The molecule has 0 aliphatic carbocycles. The average Bonchev–Trinajstić information content (AvgIpc) is 3.06. The molecule has 6 nitrogen and oxygen atoms in total. The number of nitrogens with zero attached hydrogens (tertiary/aromatic N) is 2. The minimum Gasteiger partial charge on any atom is -0.351 e. The summed E-state index contributed by atoms with van der Waals surface area (Å²) in [6, 6.07) is 14.5. The van der Waals surface area contributed by atoms with Gasteiger partial charge in [-0.15, -0.1) is 0 Å². The Balaban J connectivity index is 1.30. The highest BCUT2D eigenvalue weighted by molar-refractivity contribution is 7.91. The first-order valence-electron chi connectivity index (χ1n) is 10.4. The van der Waals surface area contributed by atoms with Gasteiger partial charge in [-0.05, 0) is 29.7 Å². The molecule has 0 aromatic heterocycles. The van der Waals surface area contributed by atoms with E-state index in [9.17, 15) is 13.2 Å². The van der Waals surface area contributed by atoms with E-state index < -0.39 is 9.84 Å². The molecule has 0 saturated carbocycles. The normalized spacial score (nSPS) is 23.8. The van der Waals surface area contributed by atoms with Crippen molar-refractivity contribution < 1.29 is 13.2 Å². The summed E-state index contributed by atoms with van der Waals surface area (Å²) >= 11 is 0. The molecule has 0 radical (unpaired) electrons. The van der Waals surface area contributed by atoms with Gasteiger partial charge in [0.1, 0.15) is 0 Å². The molecule has 0 bridgehead atoms. The highest BCUT2D eigenvalue weighted by Gasteiger charge is 2.32. The third kappa shape index (κ3) is 4.79. The Kier molecular flexibility index (Phi) is 5.90. The zero-order valence-corrected chi connectivity index (χ0v) is 17.7. The molecule has 2 heterocycles. The maximum absolute atomic E-state index is 12.6. The molecular formula is C22H29N3O3S. The number of amides is 1. The monoisotopic (exact) mass is 415 g/mol. The molecule has 156 valence electrons. The zero-order chi connectivity index (χ0) is 20.4. The van der Waals surface area contributed by atoms with Crippen LogP contribution in [0.1, 0.15) is 18.9 Å². The third-order valence-corrected chi connectivity index (χ3v) is 7.95. The number of hydrogen-bond acceptors (Lipinski definition) is 5. The van der Waals surface area contributed by atoms with Crippen LogP contribution in [-0.4, -0.2) is 73.9 Å². The fourth-order valence-electron chi connectivity index (χ4n) is 4.38. The average molecular weight is 416 g/mol. The molecule has 2 aliphatic heterocycles. The van der Waals surface area contributed by atoms with Crippen LogP contribution in [0.4, 0.5) is 0 Å². The van der Waals surface area contributed by atoms with Gasteiger partial charge in [-0.3, -0.25) is 14.6 Å². The van der Waals surface area contributed by atoms with Crippen molar-refractivity contribution in [2.45, 2.75) is 32.0 Å². The molecule has 29 heavy (non-hydrogen) atoms. The Hall–Kier alpha value is -1.96. The van der Waals surface area contributed by atoms with Gasteiger partial charge in [0.25, 0.3) is 0 Å². The van der Waals surface area contributed by atoms with E-state index in [4.69, 9.17) is 0 Å². The highest BCUT2D eigenvalue weighted by Crippen LogP contribution is 2.21. The number of fused-ring (bicyclic) bond motifs is 1. The van der Waals surface area contributed by atoms with E-state index in [1.54, 1.807) is 0 Å². The lowest BCUT2D eigenvalue weighted by atomic mass is 10.0. The van der Waals surface area contributed by atoms with Crippen molar-refractivity contribution >= 4 is 26.5 Å². The van der Waals surface area contributed by atoms with Gasteiger partial charge >= 0.3 is 0 Å². The van der Waals surface area contributed by atoms with Crippen LogP contribution in [0, 0.1) is 0 Å². The number of carbonyl (C=O) groups is 1. The van der Waals surface area contributed by atoms with Gasteiger partial charge in [-0.1, -0.05) is 42.5 Å². The number of hydrogen-bond donors (Lipinski definition) is 1. The van der Waals surface area contributed by atoms with E-state index in [1.807, 2.05) is 6.92 Å². The fourth-order valence-corrected chi connectivity index (χ4v) is 6.05. The lowest BCUT2D eigenvalue weighted by Gasteiger charge is -2.37. The summed E-state index contributed by atoms with van der Waals surface area (Å²) in [6.45, 7) is 6.33. The van der Waals surface area contributed by atoms with Crippen molar-refractivity contribution in [3.63, 3.8) is 0 Å². The molecule has 1 amide bonds. The molecule has 1 N–H and O–H groups in total. The van der Waals surface area contributed by atoms with Crippen molar-refractivity contribution in [1.29, 1.82) is 0 Å². The number of nitrogens with one attached hydrogen (secondary N) is 1. The summed E-state index contributed by atoms with van der Waals surface area (Å²) in [5.41, 5.74) is 1.34. The van der Waals surface area contributed by atoms with E-state index in [-0.39, 0.29) is 29.5 Å². The van der Waals surface area contributed by atoms with Crippen molar-refractivity contribution in [2.75, 3.05) is 37.7 Å². The topological polar surface area (TPSA) is 69.7 Å². The smallest absolute Gasteiger partial charge is 0.237 e. The van der Waals surface area contributed by atoms with Crippen LogP contribution in [0.3, 0.4) is 0 Å². The lowest BCUT2D eigenvalue weighted by molar-refractivity contribution is -0.127. The predicted octanol–water partition coefficient (Wildman–Crippen LogP) is 1.65. The molecule has 2 aromatic carbocycles. The first kappa shape index (κ1) is 20.3. The SMILES string of the molecule is C[C@H](C(=O)N[C@@H]1CCS(=O)(=O)C1)N1CCN(Cc2cccc3ccccc23)CC1. The maximum atomic E-state index is 12.6. The number of sulfone groups is 1. The second-order valence-electron chi connectivity index (χ2n) is 8.23. The number of benzene rings is 2. The minimum atomic E-state index is -2.98. The van der Waals surface area contributed by atoms with Crippen LogP contribution in [-0.2, 0) is 21.2 Å². The summed E-state index contributed by atoms with van der Waals surface area (Å²) in [7, 11) is -2.98.